The summed E-state index contributed by atoms with van der Waals surface area (Å²) in [5.41, 5.74) is 1.12. The Kier molecular flexibility index (Phi) is 6.33. The highest BCUT2D eigenvalue weighted by atomic mass is 16.6. The first-order chi connectivity index (χ1) is 12.7. The number of hydrogen-bond acceptors (Lipinski definition) is 5. The van der Waals surface area contributed by atoms with E-state index in [2.05, 4.69) is 22.5 Å². The van der Waals surface area contributed by atoms with Gasteiger partial charge in [-0.15, -0.1) is 0 Å². The quantitative estimate of drug-likeness (QED) is 0.760. The molecule has 2 heterocycles. The van der Waals surface area contributed by atoms with Crippen LogP contribution in [0.2, 0.25) is 0 Å². The minimum absolute atomic E-state index is 0.153. The summed E-state index contributed by atoms with van der Waals surface area (Å²) in [6.07, 6.45) is 3.91. The van der Waals surface area contributed by atoms with E-state index in [0.29, 0.717) is 19.8 Å². The maximum Gasteiger partial charge on any atom is 0.321 e. The van der Waals surface area contributed by atoms with Crippen LogP contribution in [-0.4, -0.2) is 49.7 Å². The second kappa shape index (κ2) is 8.89. The molecule has 0 spiro atoms. The number of amides is 3. The van der Waals surface area contributed by atoms with Crippen LogP contribution in [0.5, 0.6) is 11.5 Å². The summed E-state index contributed by atoms with van der Waals surface area (Å²) in [6, 6.07) is 5.71. The predicted molar refractivity (Wildman–Crippen MR) is 97.4 cm³/mol. The molecule has 3 amide bonds. The highest BCUT2D eigenvalue weighted by Crippen LogP contribution is 2.37. The van der Waals surface area contributed by atoms with Gasteiger partial charge < -0.3 is 14.8 Å². The smallest absolute Gasteiger partial charge is 0.321 e. The van der Waals surface area contributed by atoms with Crippen molar-refractivity contribution in [2.24, 2.45) is 0 Å². The Labute approximate surface area is 154 Å². The highest BCUT2D eigenvalue weighted by Gasteiger charge is 2.29. The van der Waals surface area contributed by atoms with E-state index in [-0.39, 0.29) is 18.5 Å². The van der Waals surface area contributed by atoms with Crippen LogP contribution in [0.3, 0.4) is 0 Å². The third-order valence-electron chi connectivity index (χ3n) is 4.73. The van der Waals surface area contributed by atoms with Crippen LogP contribution in [0, 0.1) is 0 Å². The molecule has 7 heteroatoms. The standard InChI is InChI=1S/C19H27N3O4/c1-2-3-8-20-19(24)21-18(23)13-22-9-4-5-15(22)14-6-7-16-17(12-14)26-11-10-25-16/h6-7,12,15H,2-5,8-11,13H2,1H3,(H2,20,21,23,24)/t15-/m1/s1. The maximum absolute atomic E-state index is 12.2. The number of unbranched alkanes of at least 4 members (excludes halogenated alkanes) is 1. The fourth-order valence-corrected chi connectivity index (χ4v) is 3.43. The highest BCUT2D eigenvalue weighted by molar-refractivity contribution is 5.95. The van der Waals surface area contributed by atoms with E-state index in [4.69, 9.17) is 9.47 Å². The lowest BCUT2D eigenvalue weighted by atomic mass is 10.0. The van der Waals surface area contributed by atoms with Crippen LogP contribution in [0.1, 0.15) is 44.2 Å². The molecule has 1 atom stereocenters. The van der Waals surface area contributed by atoms with Gasteiger partial charge in [-0.1, -0.05) is 19.4 Å². The average Bonchev–Trinajstić information content (AvgIpc) is 3.09. The molecule has 7 nitrogen and oxygen atoms in total. The van der Waals surface area contributed by atoms with Crippen molar-refractivity contribution in [3.05, 3.63) is 23.8 Å². The fraction of sp³-hybridized carbons (Fsp3) is 0.579. The van der Waals surface area contributed by atoms with Crippen LogP contribution in [-0.2, 0) is 4.79 Å². The monoisotopic (exact) mass is 361 g/mol. The van der Waals surface area contributed by atoms with Crippen LogP contribution in [0.4, 0.5) is 4.79 Å². The minimum atomic E-state index is -0.418. The van der Waals surface area contributed by atoms with Crippen molar-refractivity contribution >= 4 is 11.9 Å². The van der Waals surface area contributed by atoms with Gasteiger partial charge in [-0.3, -0.25) is 15.0 Å². The number of rotatable bonds is 6. The summed E-state index contributed by atoms with van der Waals surface area (Å²) < 4.78 is 11.2. The molecule has 0 bridgehead atoms. The number of fused-ring (bicyclic) bond motifs is 1. The van der Waals surface area contributed by atoms with Gasteiger partial charge in [-0.05, 0) is 43.5 Å². The second-order valence-corrected chi connectivity index (χ2v) is 6.69. The Bertz CT molecular complexity index is 650. The Morgan fingerprint density at radius 1 is 1.23 bits per heavy atom. The van der Waals surface area contributed by atoms with Gasteiger partial charge >= 0.3 is 6.03 Å². The zero-order valence-corrected chi connectivity index (χ0v) is 15.3. The van der Waals surface area contributed by atoms with E-state index in [1.165, 1.54) is 0 Å². The van der Waals surface area contributed by atoms with Crippen molar-refractivity contribution in [3.63, 3.8) is 0 Å². The molecule has 1 aromatic carbocycles. The number of hydrogen-bond donors (Lipinski definition) is 2. The fourth-order valence-electron chi connectivity index (χ4n) is 3.43. The van der Waals surface area contributed by atoms with Crippen LogP contribution in [0.25, 0.3) is 0 Å². The molecule has 0 saturated carbocycles. The first-order valence-electron chi connectivity index (χ1n) is 9.38. The molecule has 1 saturated heterocycles. The predicted octanol–water partition coefficient (Wildman–Crippen LogP) is 2.22. The minimum Gasteiger partial charge on any atom is -0.486 e. The van der Waals surface area contributed by atoms with Gasteiger partial charge in [-0.2, -0.15) is 0 Å². The van der Waals surface area contributed by atoms with Crippen LogP contribution in [0.15, 0.2) is 18.2 Å². The van der Waals surface area contributed by atoms with Crippen LogP contribution < -0.4 is 20.1 Å². The van der Waals surface area contributed by atoms with Crippen molar-refractivity contribution in [1.29, 1.82) is 0 Å². The number of nitrogens with one attached hydrogen (secondary N) is 2. The first kappa shape index (κ1) is 18.5. The maximum atomic E-state index is 12.2. The molecule has 0 radical (unpaired) electrons. The zero-order valence-electron chi connectivity index (χ0n) is 15.3. The molecule has 1 aromatic rings. The summed E-state index contributed by atoms with van der Waals surface area (Å²) in [5, 5.41) is 5.11. The first-order valence-corrected chi connectivity index (χ1v) is 9.38. The molecule has 142 valence electrons. The van der Waals surface area contributed by atoms with E-state index < -0.39 is 6.03 Å². The Balaban J connectivity index is 1.56. The lowest BCUT2D eigenvalue weighted by Gasteiger charge is -2.26. The molecule has 2 aliphatic heterocycles. The van der Waals surface area contributed by atoms with E-state index in [1.807, 2.05) is 18.2 Å². The van der Waals surface area contributed by atoms with Crippen LogP contribution >= 0.6 is 0 Å². The lowest BCUT2D eigenvalue weighted by Crippen LogP contribution is -2.44. The Morgan fingerprint density at radius 3 is 2.85 bits per heavy atom. The summed E-state index contributed by atoms with van der Waals surface area (Å²) >= 11 is 0. The molecule has 1 fully saturated rings. The van der Waals surface area contributed by atoms with Crippen molar-refractivity contribution < 1.29 is 19.1 Å². The number of carbonyl (C=O) groups excluding carboxylic acids is 2. The Hall–Kier alpha value is -2.28. The van der Waals surface area contributed by atoms with Gasteiger partial charge in [0.1, 0.15) is 13.2 Å². The number of nitrogens with zero attached hydrogens (tertiary/aromatic N) is 1. The number of urea groups is 1. The third-order valence-corrected chi connectivity index (χ3v) is 4.73. The normalized spacial score (nSPS) is 19.2. The van der Waals surface area contributed by atoms with Crippen molar-refractivity contribution in [2.45, 2.75) is 38.6 Å². The van der Waals surface area contributed by atoms with Crippen molar-refractivity contribution in [2.75, 3.05) is 32.8 Å². The molecule has 2 aliphatic rings. The van der Waals surface area contributed by atoms with E-state index in [9.17, 15) is 9.59 Å². The van der Waals surface area contributed by atoms with Gasteiger partial charge in [0.25, 0.3) is 0 Å². The molecule has 2 N–H and O–H groups in total. The summed E-state index contributed by atoms with van der Waals surface area (Å²) in [6.45, 7) is 4.81. The second-order valence-electron chi connectivity index (χ2n) is 6.69. The number of ether oxygens (including phenoxy) is 2. The van der Waals surface area contributed by atoms with E-state index in [1.54, 1.807) is 0 Å². The number of carbonyl (C=O) groups is 2. The molecular formula is C19H27N3O4. The summed E-state index contributed by atoms with van der Waals surface area (Å²) in [5.74, 6) is 1.26. The van der Waals surface area contributed by atoms with Crippen molar-refractivity contribution in [3.8, 4) is 11.5 Å². The van der Waals surface area contributed by atoms with Gasteiger partial charge in [0, 0.05) is 12.6 Å². The van der Waals surface area contributed by atoms with Gasteiger partial charge in [0.05, 0.1) is 6.54 Å². The molecule has 3 rings (SSSR count). The molecule has 0 unspecified atom stereocenters. The summed E-state index contributed by atoms with van der Waals surface area (Å²) in [4.78, 5) is 26.0. The zero-order chi connectivity index (χ0) is 18.4. The van der Waals surface area contributed by atoms with E-state index >= 15 is 0 Å². The number of imide groups is 1. The number of likely N-dealkylation sites (tertiary alicyclic amines) is 1. The molecule has 0 aromatic heterocycles. The average molecular weight is 361 g/mol. The molecule has 26 heavy (non-hydrogen) atoms. The topological polar surface area (TPSA) is 79.9 Å². The Morgan fingerprint density at radius 2 is 2.04 bits per heavy atom. The molecule has 0 aliphatic carbocycles. The van der Waals surface area contributed by atoms with Gasteiger partial charge in [0.2, 0.25) is 5.91 Å². The third kappa shape index (κ3) is 4.66. The van der Waals surface area contributed by atoms with Gasteiger partial charge in [-0.25, -0.2) is 4.79 Å². The van der Waals surface area contributed by atoms with Gasteiger partial charge in [0.15, 0.2) is 11.5 Å². The largest absolute Gasteiger partial charge is 0.486 e. The van der Waals surface area contributed by atoms with E-state index in [0.717, 1.165) is 49.3 Å². The number of benzene rings is 1. The van der Waals surface area contributed by atoms with Crippen molar-refractivity contribution in [1.82, 2.24) is 15.5 Å². The molecular weight excluding hydrogens is 334 g/mol. The SMILES string of the molecule is CCCCNC(=O)NC(=O)CN1CCC[C@@H]1c1ccc2c(c1)OCCO2. The summed E-state index contributed by atoms with van der Waals surface area (Å²) in [7, 11) is 0. The lowest BCUT2D eigenvalue weighted by molar-refractivity contribution is -0.121.